The van der Waals surface area contributed by atoms with Crippen molar-refractivity contribution in [2.45, 2.75) is 19.9 Å². The molecule has 0 unspecified atom stereocenters. The molecule has 0 amide bonds. The van der Waals surface area contributed by atoms with Crippen molar-refractivity contribution in [3.05, 3.63) is 51.2 Å². The number of hydrogen-bond donors (Lipinski definition) is 1. The van der Waals surface area contributed by atoms with E-state index in [-0.39, 0.29) is 0 Å². The normalized spacial score (nSPS) is 10.4. The molecule has 1 N–H and O–H groups in total. The molecule has 1 aromatic heterocycles. The second-order valence-electron chi connectivity index (χ2n) is 3.60. The molecule has 0 aliphatic carbocycles. The summed E-state index contributed by atoms with van der Waals surface area (Å²) in [4.78, 5) is 1.26. The minimum atomic E-state index is 0.825. The lowest BCUT2D eigenvalue weighted by Gasteiger charge is -2.09. The van der Waals surface area contributed by atoms with Gasteiger partial charge in [-0.2, -0.15) is 0 Å². The Kier molecular flexibility index (Phi) is 3.86. The summed E-state index contributed by atoms with van der Waals surface area (Å²) in [5, 5.41) is 6.23. The Morgan fingerprint density at radius 1 is 1.31 bits per heavy atom. The third kappa shape index (κ3) is 2.77. The van der Waals surface area contributed by atoms with Crippen molar-refractivity contribution in [1.29, 1.82) is 0 Å². The van der Waals surface area contributed by atoms with Crippen LogP contribution in [0.15, 0.2) is 35.7 Å². The predicted octanol–water partition coefficient (Wildman–Crippen LogP) is 4.58. The summed E-state index contributed by atoms with van der Waals surface area (Å²) in [6.07, 6.45) is 1.05. The van der Waals surface area contributed by atoms with Crippen LogP contribution in [0.3, 0.4) is 0 Å². The smallest absolute Gasteiger partial charge is 0.0516 e. The molecule has 1 aromatic carbocycles. The van der Waals surface area contributed by atoms with E-state index in [1.807, 2.05) is 11.4 Å². The highest BCUT2D eigenvalue weighted by atomic mass is 35.5. The van der Waals surface area contributed by atoms with Crippen molar-refractivity contribution in [1.82, 2.24) is 0 Å². The molecule has 84 valence electrons. The molecular weight excluding hydrogens is 238 g/mol. The van der Waals surface area contributed by atoms with Gasteiger partial charge in [-0.15, -0.1) is 11.3 Å². The molecule has 0 aliphatic rings. The van der Waals surface area contributed by atoms with Crippen molar-refractivity contribution in [3.63, 3.8) is 0 Å². The molecule has 0 bridgehead atoms. The standard InChI is InChI=1S/C13H14ClNS/c1-2-10-5-3-4-6-13(10)15-8-12-7-11(14)9-16-12/h3-7,9,15H,2,8H2,1H3. The van der Waals surface area contributed by atoms with Crippen LogP contribution in [-0.2, 0) is 13.0 Å². The molecule has 0 saturated heterocycles. The summed E-state index contributed by atoms with van der Waals surface area (Å²) in [5.74, 6) is 0. The van der Waals surface area contributed by atoms with Gasteiger partial charge in [-0.1, -0.05) is 36.7 Å². The van der Waals surface area contributed by atoms with E-state index in [4.69, 9.17) is 11.6 Å². The second-order valence-corrected chi connectivity index (χ2v) is 5.03. The molecule has 2 rings (SSSR count). The third-order valence-electron chi connectivity index (χ3n) is 2.47. The number of rotatable bonds is 4. The largest absolute Gasteiger partial charge is 0.380 e. The Bertz CT molecular complexity index is 464. The minimum absolute atomic E-state index is 0.825. The lowest BCUT2D eigenvalue weighted by molar-refractivity contribution is 1.11. The Morgan fingerprint density at radius 3 is 2.81 bits per heavy atom. The first-order valence-electron chi connectivity index (χ1n) is 5.34. The average Bonchev–Trinajstić information content (AvgIpc) is 2.73. The van der Waals surface area contributed by atoms with Crippen molar-refractivity contribution >= 4 is 28.6 Å². The summed E-state index contributed by atoms with van der Waals surface area (Å²) in [6.45, 7) is 3.01. The Hall–Kier alpha value is -0.990. The maximum atomic E-state index is 5.88. The van der Waals surface area contributed by atoms with E-state index in [0.717, 1.165) is 18.0 Å². The first kappa shape index (κ1) is 11.5. The maximum absolute atomic E-state index is 5.88. The number of para-hydroxylation sites is 1. The minimum Gasteiger partial charge on any atom is -0.380 e. The number of hydrogen-bond acceptors (Lipinski definition) is 2. The zero-order valence-electron chi connectivity index (χ0n) is 9.16. The van der Waals surface area contributed by atoms with Crippen LogP contribution in [0.2, 0.25) is 5.02 Å². The number of halogens is 1. The fourth-order valence-corrected chi connectivity index (χ4v) is 2.64. The lowest BCUT2D eigenvalue weighted by atomic mass is 10.1. The number of nitrogens with one attached hydrogen (secondary N) is 1. The van der Waals surface area contributed by atoms with Crippen LogP contribution < -0.4 is 5.32 Å². The quantitative estimate of drug-likeness (QED) is 0.839. The van der Waals surface area contributed by atoms with Gasteiger partial charge in [0.15, 0.2) is 0 Å². The zero-order chi connectivity index (χ0) is 11.4. The number of aryl methyl sites for hydroxylation is 1. The van der Waals surface area contributed by atoms with Crippen LogP contribution in [-0.4, -0.2) is 0 Å². The van der Waals surface area contributed by atoms with Gasteiger partial charge >= 0.3 is 0 Å². The van der Waals surface area contributed by atoms with Crippen LogP contribution in [0.1, 0.15) is 17.4 Å². The number of anilines is 1. The van der Waals surface area contributed by atoms with Gasteiger partial charge in [0.2, 0.25) is 0 Å². The zero-order valence-corrected chi connectivity index (χ0v) is 10.7. The molecule has 1 heterocycles. The molecule has 16 heavy (non-hydrogen) atoms. The molecular formula is C13H14ClNS. The highest BCUT2D eigenvalue weighted by Gasteiger charge is 2.01. The predicted molar refractivity (Wildman–Crippen MR) is 72.5 cm³/mol. The first-order chi connectivity index (χ1) is 7.79. The van der Waals surface area contributed by atoms with E-state index >= 15 is 0 Å². The molecule has 0 radical (unpaired) electrons. The molecule has 3 heteroatoms. The number of thiophene rings is 1. The Balaban J connectivity index is 2.04. The molecule has 0 aliphatic heterocycles. The van der Waals surface area contributed by atoms with E-state index in [0.29, 0.717) is 0 Å². The van der Waals surface area contributed by atoms with Crippen LogP contribution in [0.4, 0.5) is 5.69 Å². The average molecular weight is 252 g/mol. The second kappa shape index (κ2) is 5.37. The van der Waals surface area contributed by atoms with Gasteiger partial charge in [0.25, 0.3) is 0 Å². The van der Waals surface area contributed by atoms with Gasteiger partial charge in [0, 0.05) is 22.5 Å². The summed E-state index contributed by atoms with van der Waals surface area (Å²) in [7, 11) is 0. The molecule has 0 atom stereocenters. The van der Waals surface area contributed by atoms with Crippen molar-refractivity contribution < 1.29 is 0 Å². The maximum Gasteiger partial charge on any atom is 0.0516 e. The van der Waals surface area contributed by atoms with Gasteiger partial charge in [0.1, 0.15) is 0 Å². The van der Waals surface area contributed by atoms with Crippen LogP contribution in [0, 0.1) is 0 Å². The van der Waals surface area contributed by atoms with Crippen molar-refractivity contribution in [2.24, 2.45) is 0 Å². The van der Waals surface area contributed by atoms with Gasteiger partial charge in [-0.25, -0.2) is 0 Å². The summed E-state index contributed by atoms with van der Waals surface area (Å²) in [5.41, 5.74) is 2.57. The fourth-order valence-electron chi connectivity index (χ4n) is 1.63. The van der Waals surface area contributed by atoms with Crippen LogP contribution in [0.5, 0.6) is 0 Å². The van der Waals surface area contributed by atoms with Gasteiger partial charge < -0.3 is 5.32 Å². The van der Waals surface area contributed by atoms with Crippen LogP contribution >= 0.6 is 22.9 Å². The Morgan fingerprint density at radius 2 is 2.12 bits per heavy atom. The molecule has 0 spiro atoms. The fraction of sp³-hybridized carbons (Fsp3) is 0.231. The first-order valence-corrected chi connectivity index (χ1v) is 6.60. The number of benzene rings is 1. The molecule has 0 saturated carbocycles. The van der Waals surface area contributed by atoms with Crippen molar-refractivity contribution in [2.75, 3.05) is 5.32 Å². The Labute approximate surface area is 105 Å². The summed E-state index contributed by atoms with van der Waals surface area (Å²) in [6, 6.07) is 10.4. The van der Waals surface area contributed by atoms with E-state index in [1.165, 1.54) is 16.1 Å². The van der Waals surface area contributed by atoms with E-state index < -0.39 is 0 Å². The lowest BCUT2D eigenvalue weighted by Crippen LogP contribution is -2.00. The SMILES string of the molecule is CCc1ccccc1NCc1cc(Cl)cs1. The van der Waals surface area contributed by atoms with Crippen LogP contribution in [0.25, 0.3) is 0 Å². The topological polar surface area (TPSA) is 12.0 Å². The molecule has 0 fully saturated rings. The molecule has 2 aromatic rings. The van der Waals surface area contributed by atoms with E-state index in [9.17, 15) is 0 Å². The monoisotopic (exact) mass is 251 g/mol. The highest BCUT2D eigenvalue weighted by Crippen LogP contribution is 2.21. The summed E-state index contributed by atoms with van der Waals surface area (Å²) < 4.78 is 0. The van der Waals surface area contributed by atoms with Gasteiger partial charge in [-0.05, 0) is 24.1 Å². The van der Waals surface area contributed by atoms with E-state index in [2.05, 4.69) is 36.5 Å². The third-order valence-corrected chi connectivity index (χ3v) is 3.76. The van der Waals surface area contributed by atoms with E-state index in [1.54, 1.807) is 11.3 Å². The van der Waals surface area contributed by atoms with Crippen molar-refractivity contribution in [3.8, 4) is 0 Å². The molecule has 1 nitrogen and oxygen atoms in total. The highest BCUT2D eigenvalue weighted by molar-refractivity contribution is 7.10. The van der Waals surface area contributed by atoms with Gasteiger partial charge in [0.05, 0.1) is 5.02 Å². The van der Waals surface area contributed by atoms with Gasteiger partial charge in [-0.3, -0.25) is 0 Å². The summed E-state index contributed by atoms with van der Waals surface area (Å²) >= 11 is 7.57.